The van der Waals surface area contributed by atoms with E-state index in [2.05, 4.69) is 118 Å². The van der Waals surface area contributed by atoms with Crippen LogP contribution in [0.15, 0.2) is 97.2 Å². The molecule has 0 spiro atoms. The van der Waals surface area contributed by atoms with Gasteiger partial charge in [0.25, 0.3) is 0 Å². The molecular weight excluding hydrogens is 1020 g/mol. The van der Waals surface area contributed by atoms with Crippen LogP contribution in [-0.4, -0.2) is 37.2 Å². The van der Waals surface area contributed by atoms with Crippen LogP contribution in [0.4, 0.5) is 0 Å². The highest BCUT2D eigenvalue weighted by Gasteiger charge is 2.19. The van der Waals surface area contributed by atoms with Gasteiger partial charge in [-0.15, -0.1) is 0 Å². The molecule has 6 nitrogen and oxygen atoms in total. The molecule has 0 amide bonds. The van der Waals surface area contributed by atoms with Crippen LogP contribution in [0.3, 0.4) is 0 Å². The second-order valence-electron chi connectivity index (χ2n) is 23.8. The lowest BCUT2D eigenvalue weighted by molar-refractivity contribution is -0.167. The van der Waals surface area contributed by atoms with E-state index in [4.69, 9.17) is 14.2 Å². The zero-order chi connectivity index (χ0) is 59.9. The van der Waals surface area contributed by atoms with E-state index in [-0.39, 0.29) is 31.1 Å². The molecule has 0 heterocycles. The standard InChI is InChI=1S/C77H134O6/c1-4-7-10-13-16-19-22-25-28-31-33-34-35-36-37-38-39-40-41-42-44-46-49-52-55-58-61-64-67-70-76(79)82-73-74(72-81-75(78)69-66-63-60-57-54-51-48-45-30-27-24-21-18-15-12-9-6-3)83-77(80)71-68-65-62-59-56-53-50-47-43-32-29-26-23-20-17-14-11-8-5-2/h7,10,16,18-19,21,25,27-28,30,33-34,36-37,39-40,74H,4-6,8-9,11-15,17,20,22-24,26,29,31-32,35,38,41-73H2,1-3H3/b10-7-,19-16-,21-18-,28-25-,30-27-,34-33-,37-36-,40-39-. The first kappa shape index (κ1) is 79.3. The van der Waals surface area contributed by atoms with Gasteiger partial charge in [0.1, 0.15) is 13.2 Å². The fraction of sp³-hybridized carbons (Fsp3) is 0.753. The molecule has 0 aliphatic carbocycles. The molecule has 0 N–H and O–H groups in total. The molecule has 83 heavy (non-hydrogen) atoms. The smallest absolute Gasteiger partial charge is 0.306 e. The van der Waals surface area contributed by atoms with Gasteiger partial charge >= 0.3 is 17.9 Å². The fourth-order valence-electron chi connectivity index (χ4n) is 10.2. The van der Waals surface area contributed by atoms with Gasteiger partial charge in [-0.1, -0.05) is 330 Å². The maximum absolute atomic E-state index is 13.0. The number of allylic oxidation sites excluding steroid dienone is 16. The molecule has 0 aromatic rings. The van der Waals surface area contributed by atoms with E-state index >= 15 is 0 Å². The van der Waals surface area contributed by atoms with Gasteiger partial charge in [-0.2, -0.15) is 0 Å². The summed E-state index contributed by atoms with van der Waals surface area (Å²) in [7, 11) is 0. The van der Waals surface area contributed by atoms with Crippen LogP contribution in [0.5, 0.6) is 0 Å². The Morgan fingerprint density at radius 2 is 0.470 bits per heavy atom. The van der Waals surface area contributed by atoms with Crippen molar-refractivity contribution in [2.45, 2.75) is 361 Å². The van der Waals surface area contributed by atoms with E-state index in [1.807, 2.05) is 0 Å². The molecule has 0 aliphatic rings. The van der Waals surface area contributed by atoms with E-state index in [9.17, 15) is 14.4 Å². The Kier molecular flexibility index (Phi) is 67.7. The largest absolute Gasteiger partial charge is 0.462 e. The van der Waals surface area contributed by atoms with Gasteiger partial charge in [-0.05, 0) is 103 Å². The van der Waals surface area contributed by atoms with Crippen LogP contribution in [0, 0.1) is 0 Å². The van der Waals surface area contributed by atoms with Crippen molar-refractivity contribution in [2.24, 2.45) is 0 Å². The van der Waals surface area contributed by atoms with E-state index < -0.39 is 6.10 Å². The molecule has 0 rings (SSSR count). The highest BCUT2D eigenvalue weighted by molar-refractivity contribution is 5.71. The monoisotopic (exact) mass is 1160 g/mol. The first-order chi connectivity index (χ1) is 41.0. The van der Waals surface area contributed by atoms with E-state index in [0.29, 0.717) is 19.3 Å². The van der Waals surface area contributed by atoms with Crippen molar-refractivity contribution >= 4 is 17.9 Å². The second kappa shape index (κ2) is 70.8. The van der Waals surface area contributed by atoms with Gasteiger partial charge in [0.05, 0.1) is 0 Å². The summed E-state index contributed by atoms with van der Waals surface area (Å²) in [6, 6.07) is 0. The second-order valence-corrected chi connectivity index (χ2v) is 23.8. The SMILES string of the molecule is CC/C=C\C/C=C\C/C=C\C/C=C\C/C=C\C/C=C\CCCCCCCCCCCCC(=O)OCC(COC(=O)CCCCCCCCC/C=C\C/C=C\CCCCC)OC(=O)CCCCCCCCCCCCCCCCCCCCC. The molecule has 0 fully saturated rings. The van der Waals surface area contributed by atoms with Gasteiger partial charge in [0.2, 0.25) is 0 Å². The summed E-state index contributed by atoms with van der Waals surface area (Å²) in [6.45, 7) is 6.54. The Balaban J connectivity index is 4.33. The molecule has 1 unspecified atom stereocenters. The topological polar surface area (TPSA) is 78.9 Å². The maximum Gasteiger partial charge on any atom is 0.306 e. The van der Waals surface area contributed by atoms with E-state index in [1.54, 1.807) is 0 Å². The molecule has 0 aliphatic heterocycles. The zero-order valence-electron chi connectivity index (χ0n) is 54.9. The van der Waals surface area contributed by atoms with Crippen molar-refractivity contribution in [3.63, 3.8) is 0 Å². The fourth-order valence-corrected chi connectivity index (χ4v) is 10.2. The van der Waals surface area contributed by atoms with Crippen molar-refractivity contribution in [1.29, 1.82) is 0 Å². The van der Waals surface area contributed by atoms with Gasteiger partial charge in [0.15, 0.2) is 6.10 Å². The van der Waals surface area contributed by atoms with Crippen molar-refractivity contribution < 1.29 is 28.6 Å². The number of unbranched alkanes of at least 4 members (excludes halogenated alkanes) is 38. The minimum atomic E-state index is -0.783. The lowest BCUT2D eigenvalue weighted by Gasteiger charge is -2.18. The summed E-state index contributed by atoms with van der Waals surface area (Å²) in [5.41, 5.74) is 0. The summed E-state index contributed by atoms with van der Waals surface area (Å²) in [5, 5.41) is 0. The van der Waals surface area contributed by atoms with Gasteiger partial charge in [-0.3, -0.25) is 14.4 Å². The molecule has 0 saturated heterocycles. The lowest BCUT2D eigenvalue weighted by atomic mass is 10.0. The van der Waals surface area contributed by atoms with Crippen LogP contribution >= 0.6 is 0 Å². The molecule has 6 heteroatoms. The van der Waals surface area contributed by atoms with Crippen LogP contribution in [0.1, 0.15) is 355 Å². The zero-order valence-corrected chi connectivity index (χ0v) is 54.9. The molecule has 1 atom stereocenters. The molecule has 0 radical (unpaired) electrons. The average molecular weight is 1160 g/mol. The first-order valence-corrected chi connectivity index (χ1v) is 35.7. The van der Waals surface area contributed by atoms with Crippen molar-refractivity contribution in [2.75, 3.05) is 13.2 Å². The third-order valence-corrected chi connectivity index (χ3v) is 15.6. The third kappa shape index (κ3) is 69.0. The van der Waals surface area contributed by atoms with Crippen molar-refractivity contribution in [3.8, 4) is 0 Å². The Bertz CT molecular complexity index is 1610. The highest BCUT2D eigenvalue weighted by atomic mass is 16.6. The number of hydrogen-bond donors (Lipinski definition) is 0. The number of rotatable bonds is 65. The van der Waals surface area contributed by atoms with E-state index in [1.165, 1.54) is 205 Å². The normalized spacial score (nSPS) is 12.7. The summed E-state index contributed by atoms with van der Waals surface area (Å²) >= 11 is 0. The molecule has 0 bridgehead atoms. The molecule has 0 aromatic carbocycles. The molecular formula is C77H134O6. The predicted octanol–water partition coefficient (Wildman–Crippen LogP) is 24.8. The van der Waals surface area contributed by atoms with Crippen LogP contribution in [0.2, 0.25) is 0 Å². The van der Waals surface area contributed by atoms with Gasteiger partial charge in [0, 0.05) is 19.3 Å². The molecule has 0 aromatic heterocycles. The van der Waals surface area contributed by atoms with Gasteiger partial charge in [-0.25, -0.2) is 0 Å². The summed E-state index contributed by atoms with van der Waals surface area (Å²) in [5.74, 6) is -0.871. The lowest BCUT2D eigenvalue weighted by Crippen LogP contribution is -2.30. The van der Waals surface area contributed by atoms with Crippen molar-refractivity contribution in [1.82, 2.24) is 0 Å². The molecule has 478 valence electrons. The van der Waals surface area contributed by atoms with Crippen molar-refractivity contribution in [3.05, 3.63) is 97.2 Å². The van der Waals surface area contributed by atoms with Crippen LogP contribution < -0.4 is 0 Å². The maximum atomic E-state index is 13.0. The summed E-state index contributed by atoms with van der Waals surface area (Å²) in [4.78, 5) is 38.5. The average Bonchev–Trinajstić information content (AvgIpc) is 3.49. The number of hydrogen-bond acceptors (Lipinski definition) is 6. The quantitative estimate of drug-likeness (QED) is 0.0261. The van der Waals surface area contributed by atoms with Crippen LogP contribution in [-0.2, 0) is 28.6 Å². The minimum absolute atomic E-state index is 0.0790. The number of carbonyl (C=O) groups excluding carboxylic acids is 3. The third-order valence-electron chi connectivity index (χ3n) is 15.6. The number of ether oxygens (including phenoxy) is 3. The molecule has 0 saturated carbocycles. The Morgan fingerprint density at radius 1 is 0.253 bits per heavy atom. The number of esters is 3. The predicted molar refractivity (Wildman–Crippen MR) is 362 cm³/mol. The highest BCUT2D eigenvalue weighted by Crippen LogP contribution is 2.18. The summed E-state index contributed by atoms with van der Waals surface area (Å²) < 4.78 is 17.0. The summed E-state index contributed by atoms with van der Waals surface area (Å²) in [6.07, 6.45) is 95.7. The van der Waals surface area contributed by atoms with Crippen LogP contribution in [0.25, 0.3) is 0 Å². The first-order valence-electron chi connectivity index (χ1n) is 35.7. The Labute approximate surface area is 515 Å². The van der Waals surface area contributed by atoms with Gasteiger partial charge < -0.3 is 14.2 Å². The van der Waals surface area contributed by atoms with E-state index in [0.717, 1.165) is 109 Å². The Morgan fingerprint density at radius 3 is 0.759 bits per heavy atom. The Hall–Kier alpha value is -3.67. The minimum Gasteiger partial charge on any atom is -0.462 e. The number of carbonyl (C=O) groups is 3.